The Labute approximate surface area is 154 Å². The van der Waals surface area contributed by atoms with Crippen molar-refractivity contribution in [2.45, 2.75) is 26.2 Å². The van der Waals surface area contributed by atoms with Crippen molar-refractivity contribution < 1.29 is 0 Å². The third kappa shape index (κ3) is 2.37. The van der Waals surface area contributed by atoms with Crippen LogP contribution in [-0.2, 0) is 6.42 Å². The number of fused-ring (bicyclic) bond motifs is 7. The van der Waals surface area contributed by atoms with Crippen LogP contribution in [0, 0.1) is 0 Å². The van der Waals surface area contributed by atoms with Gasteiger partial charge >= 0.3 is 0 Å². The van der Waals surface area contributed by atoms with Crippen molar-refractivity contribution in [1.82, 2.24) is 0 Å². The van der Waals surface area contributed by atoms with E-state index in [0.29, 0.717) is 0 Å². The molecule has 0 atom stereocenters. The highest BCUT2D eigenvalue weighted by Gasteiger charge is 2.10. The lowest BCUT2D eigenvalue weighted by molar-refractivity contribution is 0.796. The Bertz CT molecular complexity index is 1260. The van der Waals surface area contributed by atoms with Gasteiger partial charge in [-0.2, -0.15) is 0 Å². The van der Waals surface area contributed by atoms with Crippen molar-refractivity contribution in [2.24, 2.45) is 0 Å². The van der Waals surface area contributed by atoms with Crippen molar-refractivity contribution in [3.05, 3.63) is 84.4 Å². The summed E-state index contributed by atoms with van der Waals surface area (Å²) in [7, 11) is 0. The average Bonchev–Trinajstić information content (AvgIpc) is 2.71. The lowest BCUT2D eigenvalue weighted by Gasteiger charge is -2.13. The fraction of sp³-hybridized carbons (Fsp3) is 0.154. The van der Waals surface area contributed by atoms with E-state index in [0.717, 1.165) is 6.42 Å². The lowest BCUT2D eigenvalue weighted by Crippen LogP contribution is -1.88. The Morgan fingerprint density at radius 3 is 1.77 bits per heavy atom. The first-order valence-corrected chi connectivity index (χ1v) is 9.61. The Kier molecular flexibility index (Phi) is 3.64. The zero-order valence-corrected chi connectivity index (χ0v) is 15.1. The minimum atomic E-state index is 1.16. The molecule has 0 heterocycles. The smallest absolute Gasteiger partial charge is 0.00925 e. The first-order chi connectivity index (χ1) is 12.8. The van der Waals surface area contributed by atoms with Gasteiger partial charge in [-0.25, -0.2) is 0 Å². The van der Waals surface area contributed by atoms with Crippen LogP contribution in [0.3, 0.4) is 0 Å². The molecule has 0 bridgehead atoms. The average molecular weight is 334 g/mol. The molecule has 0 fully saturated rings. The summed E-state index contributed by atoms with van der Waals surface area (Å²) < 4.78 is 0. The summed E-state index contributed by atoms with van der Waals surface area (Å²) in [5, 5.41) is 10.8. The van der Waals surface area contributed by atoms with Crippen LogP contribution in [0.25, 0.3) is 43.1 Å². The molecule has 5 aromatic carbocycles. The van der Waals surface area contributed by atoms with Gasteiger partial charge in [0.15, 0.2) is 0 Å². The molecule has 0 saturated heterocycles. The van der Waals surface area contributed by atoms with Crippen molar-refractivity contribution in [3.63, 3.8) is 0 Å². The van der Waals surface area contributed by atoms with Crippen molar-refractivity contribution in [1.29, 1.82) is 0 Å². The van der Waals surface area contributed by atoms with E-state index in [-0.39, 0.29) is 0 Å². The molecule has 0 aliphatic rings. The molecule has 0 aliphatic carbocycles. The van der Waals surface area contributed by atoms with Crippen LogP contribution in [-0.4, -0.2) is 0 Å². The Hall–Kier alpha value is -2.86. The maximum absolute atomic E-state index is 2.43. The number of benzene rings is 5. The van der Waals surface area contributed by atoms with E-state index < -0.39 is 0 Å². The van der Waals surface area contributed by atoms with Gasteiger partial charge in [-0.15, -0.1) is 0 Å². The SMILES string of the molecule is CCCCc1ccc2c3ccccc3c3cc4ccccc4cc3c2c1. The fourth-order valence-electron chi connectivity index (χ4n) is 4.22. The van der Waals surface area contributed by atoms with Gasteiger partial charge in [0.1, 0.15) is 0 Å². The largest absolute Gasteiger partial charge is 0.0654 e. The second kappa shape index (κ2) is 6.14. The lowest BCUT2D eigenvalue weighted by atomic mass is 9.91. The summed E-state index contributed by atoms with van der Waals surface area (Å²) in [6.07, 6.45) is 3.65. The molecule has 0 unspecified atom stereocenters. The fourth-order valence-corrected chi connectivity index (χ4v) is 4.22. The molecule has 5 rings (SSSR count). The van der Waals surface area contributed by atoms with E-state index in [4.69, 9.17) is 0 Å². The van der Waals surface area contributed by atoms with Gasteiger partial charge in [-0.3, -0.25) is 0 Å². The minimum Gasteiger partial charge on any atom is -0.0654 e. The molecule has 0 saturated carbocycles. The standard InChI is InChI=1S/C26H22/c1-2-3-8-18-13-14-23-21-11-6-7-12-22(21)25-16-19-9-4-5-10-20(19)17-26(25)24(23)15-18/h4-7,9-17H,2-3,8H2,1H3. The highest BCUT2D eigenvalue weighted by Crippen LogP contribution is 2.37. The topological polar surface area (TPSA) is 0 Å². The molecule has 0 spiro atoms. The second-order valence-electron chi connectivity index (χ2n) is 7.27. The number of aryl methyl sites for hydroxylation is 1. The molecular formula is C26H22. The second-order valence-corrected chi connectivity index (χ2v) is 7.27. The molecule has 0 heteroatoms. The predicted molar refractivity (Wildman–Crippen MR) is 115 cm³/mol. The first-order valence-electron chi connectivity index (χ1n) is 9.61. The van der Waals surface area contributed by atoms with Crippen molar-refractivity contribution in [3.8, 4) is 0 Å². The Morgan fingerprint density at radius 1 is 0.538 bits per heavy atom. The maximum Gasteiger partial charge on any atom is -0.00925 e. The molecule has 126 valence electrons. The van der Waals surface area contributed by atoms with Gasteiger partial charge in [0, 0.05) is 0 Å². The van der Waals surface area contributed by atoms with Crippen molar-refractivity contribution >= 4 is 43.1 Å². The Morgan fingerprint density at radius 2 is 1.08 bits per heavy atom. The summed E-state index contributed by atoms with van der Waals surface area (Å²) >= 11 is 0. The first kappa shape index (κ1) is 15.4. The highest BCUT2D eigenvalue weighted by atomic mass is 14.1. The molecule has 0 aliphatic heterocycles. The van der Waals surface area contributed by atoms with Gasteiger partial charge in [-0.1, -0.05) is 80.1 Å². The predicted octanol–water partition coefficient (Wildman–Crippen LogP) is 7.64. The quantitative estimate of drug-likeness (QED) is 0.235. The summed E-state index contributed by atoms with van der Waals surface area (Å²) in [6, 6.07) is 29.3. The van der Waals surface area contributed by atoms with Crippen LogP contribution in [0.1, 0.15) is 25.3 Å². The van der Waals surface area contributed by atoms with E-state index in [1.807, 2.05) is 0 Å². The molecule has 5 aromatic rings. The third-order valence-electron chi connectivity index (χ3n) is 5.59. The third-order valence-corrected chi connectivity index (χ3v) is 5.59. The zero-order chi connectivity index (χ0) is 17.5. The normalized spacial score (nSPS) is 11.7. The van der Waals surface area contributed by atoms with Gasteiger partial charge < -0.3 is 0 Å². The van der Waals surface area contributed by atoms with Gasteiger partial charge in [-0.05, 0) is 73.6 Å². The van der Waals surface area contributed by atoms with Gasteiger partial charge in [0.05, 0.1) is 0 Å². The summed E-state index contributed by atoms with van der Waals surface area (Å²) in [4.78, 5) is 0. The van der Waals surface area contributed by atoms with Crippen LogP contribution in [0.2, 0.25) is 0 Å². The molecule has 0 N–H and O–H groups in total. The number of unbranched alkanes of at least 4 members (excludes halogenated alkanes) is 1. The molecular weight excluding hydrogens is 312 g/mol. The summed E-state index contributed by atoms with van der Waals surface area (Å²) in [5.74, 6) is 0. The molecule has 0 amide bonds. The van der Waals surface area contributed by atoms with Gasteiger partial charge in [0.25, 0.3) is 0 Å². The molecule has 0 radical (unpaired) electrons. The van der Waals surface area contributed by atoms with E-state index in [2.05, 4.69) is 85.8 Å². The number of hydrogen-bond donors (Lipinski definition) is 0. The summed E-state index contributed by atoms with van der Waals surface area (Å²) in [5.41, 5.74) is 1.45. The molecule has 26 heavy (non-hydrogen) atoms. The molecule has 0 aromatic heterocycles. The monoisotopic (exact) mass is 334 g/mol. The van der Waals surface area contributed by atoms with Crippen LogP contribution in [0.4, 0.5) is 0 Å². The Balaban J connectivity index is 1.96. The van der Waals surface area contributed by atoms with E-state index in [9.17, 15) is 0 Å². The van der Waals surface area contributed by atoms with E-state index >= 15 is 0 Å². The van der Waals surface area contributed by atoms with Crippen molar-refractivity contribution in [2.75, 3.05) is 0 Å². The van der Waals surface area contributed by atoms with Crippen LogP contribution < -0.4 is 0 Å². The zero-order valence-electron chi connectivity index (χ0n) is 15.1. The van der Waals surface area contributed by atoms with Crippen LogP contribution >= 0.6 is 0 Å². The van der Waals surface area contributed by atoms with E-state index in [1.165, 1.54) is 61.5 Å². The summed E-state index contributed by atoms with van der Waals surface area (Å²) in [6.45, 7) is 2.26. The number of rotatable bonds is 3. The van der Waals surface area contributed by atoms with Crippen LogP contribution in [0.5, 0.6) is 0 Å². The number of hydrogen-bond acceptors (Lipinski definition) is 0. The van der Waals surface area contributed by atoms with E-state index in [1.54, 1.807) is 0 Å². The molecule has 0 nitrogen and oxygen atoms in total. The highest BCUT2D eigenvalue weighted by molar-refractivity contribution is 6.27. The maximum atomic E-state index is 2.43. The minimum absolute atomic E-state index is 1.16. The van der Waals surface area contributed by atoms with Gasteiger partial charge in [0.2, 0.25) is 0 Å². The van der Waals surface area contributed by atoms with Crippen LogP contribution in [0.15, 0.2) is 78.9 Å².